The van der Waals surface area contributed by atoms with Crippen molar-refractivity contribution in [3.63, 3.8) is 0 Å². The number of nitrogens with zero attached hydrogens (tertiary/aromatic N) is 3. The predicted octanol–water partition coefficient (Wildman–Crippen LogP) is 0.643. The first kappa shape index (κ1) is 8.93. The first-order valence-electron chi connectivity index (χ1n) is 4.57. The summed E-state index contributed by atoms with van der Waals surface area (Å²) in [6.07, 6.45) is 4.33. The van der Waals surface area contributed by atoms with E-state index in [9.17, 15) is 0 Å². The van der Waals surface area contributed by atoms with Gasteiger partial charge >= 0.3 is 0 Å². The zero-order chi connectivity index (χ0) is 9.97. The lowest BCUT2D eigenvalue weighted by molar-refractivity contribution is 0.317. The second-order valence-electron chi connectivity index (χ2n) is 3.48. The first-order valence-corrected chi connectivity index (χ1v) is 4.57. The lowest BCUT2D eigenvalue weighted by Gasteiger charge is -2.00. The molecule has 14 heavy (non-hydrogen) atoms. The van der Waals surface area contributed by atoms with Crippen molar-refractivity contribution in [2.75, 3.05) is 0 Å². The Morgan fingerprint density at radius 2 is 2.36 bits per heavy atom. The highest BCUT2D eigenvalue weighted by atomic mass is 16.4. The molecule has 5 nitrogen and oxygen atoms in total. The third-order valence-electron chi connectivity index (χ3n) is 2.23. The van der Waals surface area contributed by atoms with Crippen LogP contribution in [0.2, 0.25) is 0 Å². The third-order valence-corrected chi connectivity index (χ3v) is 2.23. The van der Waals surface area contributed by atoms with Gasteiger partial charge in [0.05, 0.1) is 12.1 Å². The zero-order valence-electron chi connectivity index (χ0n) is 7.72. The summed E-state index contributed by atoms with van der Waals surface area (Å²) < 4.78 is 0. The highest BCUT2D eigenvalue weighted by Crippen LogP contribution is 2.38. The van der Waals surface area contributed by atoms with Gasteiger partial charge in [-0.2, -0.15) is 0 Å². The van der Waals surface area contributed by atoms with E-state index >= 15 is 0 Å². The third kappa shape index (κ3) is 1.99. The van der Waals surface area contributed by atoms with E-state index in [1.165, 1.54) is 19.2 Å². The summed E-state index contributed by atoms with van der Waals surface area (Å²) in [5, 5.41) is 11.3. The van der Waals surface area contributed by atoms with E-state index in [0.717, 1.165) is 11.4 Å². The van der Waals surface area contributed by atoms with Crippen LogP contribution in [0, 0.1) is 0 Å². The summed E-state index contributed by atoms with van der Waals surface area (Å²) >= 11 is 0. The molecule has 0 aliphatic heterocycles. The number of oxime groups is 1. The van der Waals surface area contributed by atoms with Crippen LogP contribution in [0.15, 0.2) is 17.5 Å². The van der Waals surface area contributed by atoms with E-state index in [1.807, 2.05) is 6.07 Å². The minimum absolute atomic E-state index is 0.172. The molecule has 2 rings (SSSR count). The topological polar surface area (TPSA) is 84.4 Å². The summed E-state index contributed by atoms with van der Waals surface area (Å²) in [7, 11) is 0. The molecule has 1 fully saturated rings. The van der Waals surface area contributed by atoms with Crippen LogP contribution in [0.3, 0.4) is 0 Å². The Balaban J connectivity index is 2.13. The minimum atomic E-state index is 0.172. The summed E-state index contributed by atoms with van der Waals surface area (Å²) in [5.74, 6) is 0.773. The van der Waals surface area contributed by atoms with E-state index in [0.29, 0.717) is 12.3 Å². The standard InChI is InChI=1S/C9H12N4O/c10-9(13-14)4-7-3-8(6-1-2-6)12-5-11-7/h3,5-6,14H,1-2,4H2,(H2,10,13). The quantitative estimate of drug-likeness (QED) is 0.318. The van der Waals surface area contributed by atoms with Crippen molar-refractivity contribution in [2.45, 2.75) is 25.2 Å². The van der Waals surface area contributed by atoms with E-state index < -0.39 is 0 Å². The number of hydrogen-bond donors (Lipinski definition) is 2. The van der Waals surface area contributed by atoms with E-state index in [-0.39, 0.29) is 5.84 Å². The van der Waals surface area contributed by atoms with Crippen LogP contribution in [-0.2, 0) is 6.42 Å². The van der Waals surface area contributed by atoms with E-state index in [1.54, 1.807) is 0 Å². The van der Waals surface area contributed by atoms with Gasteiger partial charge in [0.15, 0.2) is 0 Å². The normalized spacial score (nSPS) is 17.0. The molecule has 0 bridgehead atoms. The molecule has 1 aromatic rings. The van der Waals surface area contributed by atoms with Gasteiger partial charge in [-0.15, -0.1) is 0 Å². The predicted molar refractivity (Wildman–Crippen MR) is 51.1 cm³/mol. The van der Waals surface area contributed by atoms with Crippen molar-refractivity contribution < 1.29 is 5.21 Å². The SMILES string of the molecule is N/C(Cc1cc(C2CC2)ncn1)=N\O. The lowest BCUT2D eigenvalue weighted by Crippen LogP contribution is -2.15. The average Bonchev–Trinajstić information content (AvgIpc) is 3.01. The monoisotopic (exact) mass is 192 g/mol. The number of aromatic nitrogens is 2. The highest BCUT2D eigenvalue weighted by Gasteiger charge is 2.25. The molecule has 74 valence electrons. The summed E-state index contributed by atoms with van der Waals surface area (Å²) in [6.45, 7) is 0. The van der Waals surface area contributed by atoms with Crippen molar-refractivity contribution in [2.24, 2.45) is 10.9 Å². The van der Waals surface area contributed by atoms with Gasteiger partial charge in [0.1, 0.15) is 12.2 Å². The smallest absolute Gasteiger partial charge is 0.145 e. The molecule has 1 heterocycles. The second kappa shape index (κ2) is 3.61. The van der Waals surface area contributed by atoms with Crippen molar-refractivity contribution in [1.29, 1.82) is 0 Å². The molecule has 0 saturated heterocycles. The fourth-order valence-corrected chi connectivity index (χ4v) is 1.33. The van der Waals surface area contributed by atoms with E-state index in [4.69, 9.17) is 10.9 Å². The van der Waals surface area contributed by atoms with Gasteiger partial charge in [0, 0.05) is 11.6 Å². The van der Waals surface area contributed by atoms with Gasteiger partial charge in [-0.3, -0.25) is 0 Å². The molecular weight excluding hydrogens is 180 g/mol. The van der Waals surface area contributed by atoms with Crippen molar-refractivity contribution >= 4 is 5.84 Å². The molecule has 0 amide bonds. The Labute approximate surface area is 81.7 Å². The molecule has 0 spiro atoms. The molecule has 1 saturated carbocycles. The molecule has 3 N–H and O–H groups in total. The molecule has 0 unspecified atom stereocenters. The number of amidine groups is 1. The zero-order valence-corrected chi connectivity index (χ0v) is 7.72. The van der Waals surface area contributed by atoms with Gasteiger partial charge in [-0.1, -0.05) is 5.16 Å². The van der Waals surface area contributed by atoms with Crippen LogP contribution >= 0.6 is 0 Å². The number of hydrogen-bond acceptors (Lipinski definition) is 4. The lowest BCUT2D eigenvalue weighted by atomic mass is 10.2. The van der Waals surface area contributed by atoms with Crippen LogP contribution in [-0.4, -0.2) is 21.0 Å². The van der Waals surface area contributed by atoms with Gasteiger partial charge in [-0.25, -0.2) is 9.97 Å². The highest BCUT2D eigenvalue weighted by molar-refractivity contribution is 5.81. The molecule has 1 aliphatic rings. The van der Waals surface area contributed by atoms with Crippen LogP contribution < -0.4 is 5.73 Å². The maximum absolute atomic E-state index is 8.41. The molecule has 5 heteroatoms. The van der Waals surface area contributed by atoms with Crippen molar-refractivity contribution in [3.8, 4) is 0 Å². The number of rotatable bonds is 3. The Morgan fingerprint density at radius 1 is 1.57 bits per heavy atom. The number of nitrogens with two attached hydrogens (primary N) is 1. The van der Waals surface area contributed by atoms with Gasteiger partial charge in [-0.05, 0) is 18.9 Å². The summed E-state index contributed by atoms with van der Waals surface area (Å²) in [5.41, 5.74) is 7.26. The Morgan fingerprint density at radius 3 is 3.00 bits per heavy atom. The first-order chi connectivity index (χ1) is 6.79. The van der Waals surface area contributed by atoms with Crippen LogP contribution in [0.1, 0.15) is 30.1 Å². The summed E-state index contributed by atoms with van der Waals surface area (Å²) in [4.78, 5) is 8.23. The molecule has 1 aliphatic carbocycles. The van der Waals surface area contributed by atoms with Gasteiger partial charge in [0.25, 0.3) is 0 Å². The molecule has 0 aromatic carbocycles. The van der Waals surface area contributed by atoms with Gasteiger partial charge in [0.2, 0.25) is 0 Å². The van der Waals surface area contributed by atoms with Crippen LogP contribution in [0.5, 0.6) is 0 Å². The molecule has 0 radical (unpaired) electrons. The molecule has 0 atom stereocenters. The van der Waals surface area contributed by atoms with Crippen LogP contribution in [0.25, 0.3) is 0 Å². The molecular formula is C9H12N4O. The largest absolute Gasteiger partial charge is 0.409 e. The molecule has 1 aromatic heterocycles. The fourth-order valence-electron chi connectivity index (χ4n) is 1.33. The maximum Gasteiger partial charge on any atom is 0.145 e. The maximum atomic E-state index is 8.41. The second-order valence-corrected chi connectivity index (χ2v) is 3.48. The Bertz CT molecular complexity index is 360. The Kier molecular flexibility index (Phi) is 2.30. The van der Waals surface area contributed by atoms with Crippen molar-refractivity contribution in [1.82, 2.24) is 9.97 Å². The summed E-state index contributed by atoms with van der Waals surface area (Å²) in [6, 6.07) is 1.93. The Hall–Kier alpha value is -1.65. The minimum Gasteiger partial charge on any atom is -0.409 e. The average molecular weight is 192 g/mol. The fraction of sp³-hybridized carbons (Fsp3) is 0.444. The van der Waals surface area contributed by atoms with E-state index in [2.05, 4.69) is 15.1 Å². The van der Waals surface area contributed by atoms with Crippen LogP contribution in [0.4, 0.5) is 0 Å². The van der Waals surface area contributed by atoms with Gasteiger partial charge < -0.3 is 10.9 Å². The van der Waals surface area contributed by atoms with Crippen molar-refractivity contribution in [3.05, 3.63) is 23.8 Å².